The molecule has 3 rings (SSSR count). The standard InChI is InChI=1S/C17H17BrF3N3O/c18-15-8-22-9-16(23-15)24-7-3-4-12(10-24)11-25-14-6-2-1-5-13(14)17(19,20)21/h1-2,5-6,8-9,12H,3-4,7,10-11H2. The van der Waals surface area contributed by atoms with Gasteiger partial charge in [-0.15, -0.1) is 0 Å². The van der Waals surface area contributed by atoms with Gasteiger partial charge in [-0.2, -0.15) is 13.2 Å². The van der Waals surface area contributed by atoms with Crippen LogP contribution in [0.5, 0.6) is 5.75 Å². The van der Waals surface area contributed by atoms with Gasteiger partial charge in [0.25, 0.3) is 0 Å². The Hall–Kier alpha value is -1.83. The van der Waals surface area contributed by atoms with E-state index in [0.717, 1.165) is 31.3 Å². The fourth-order valence-corrected chi connectivity index (χ4v) is 3.23. The van der Waals surface area contributed by atoms with Crippen LogP contribution in [-0.4, -0.2) is 29.7 Å². The second kappa shape index (κ2) is 7.59. The monoisotopic (exact) mass is 415 g/mol. The Kier molecular flexibility index (Phi) is 5.46. The van der Waals surface area contributed by atoms with Gasteiger partial charge in [-0.05, 0) is 40.9 Å². The van der Waals surface area contributed by atoms with E-state index in [9.17, 15) is 13.2 Å². The number of anilines is 1. The highest BCUT2D eigenvalue weighted by Crippen LogP contribution is 2.36. The number of halogens is 4. The van der Waals surface area contributed by atoms with Crippen LogP contribution in [0.1, 0.15) is 18.4 Å². The fourth-order valence-electron chi connectivity index (χ4n) is 2.93. The van der Waals surface area contributed by atoms with Gasteiger partial charge in [0, 0.05) is 19.0 Å². The Bertz CT molecular complexity index is 726. The van der Waals surface area contributed by atoms with Crippen molar-refractivity contribution in [2.75, 3.05) is 24.6 Å². The number of alkyl halides is 3. The fraction of sp³-hybridized carbons (Fsp3) is 0.412. The molecule has 2 heterocycles. The third-order valence-corrected chi connectivity index (χ3v) is 4.48. The minimum absolute atomic E-state index is 0.116. The van der Waals surface area contributed by atoms with Crippen LogP contribution in [-0.2, 0) is 6.18 Å². The lowest BCUT2D eigenvalue weighted by Crippen LogP contribution is -2.38. The number of benzene rings is 1. The second-order valence-electron chi connectivity index (χ2n) is 5.96. The number of nitrogens with zero attached hydrogens (tertiary/aromatic N) is 3. The first-order valence-corrected chi connectivity index (χ1v) is 8.74. The molecule has 1 aliphatic rings. The maximum Gasteiger partial charge on any atom is 0.419 e. The van der Waals surface area contributed by atoms with E-state index in [1.165, 1.54) is 12.1 Å². The summed E-state index contributed by atoms with van der Waals surface area (Å²) in [6.45, 7) is 1.77. The van der Waals surface area contributed by atoms with Crippen molar-refractivity contribution in [1.29, 1.82) is 0 Å². The summed E-state index contributed by atoms with van der Waals surface area (Å²) in [5.41, 5.74) is -0.736. The normalized spacial score (nSPS) is 18.2. The van der Waals surface area contributed by atoms with Gasteiger partial charge in [-0.1, -0.05) is 12.1 Å². The second-order valence-corrected chi connectivity index (χ2v) is 6.77. The summed E-state index contributed by atoms with van der Waals surface area (Å²) in [4.78, 5) is 10.6. The topological polar surface area (TPSA) is 38.2 Å². The predicted octanol–water partition coefficient (Wildman–Crippen LogP) is 4.55. The predicted molar refractivity (Wildman–Crippen MR) is 91.6 cm³/mol. The first-order valence-electron chi connectivity index (χ1n) is 7.95. The summed E-state index contributed by atoms with van der Waals surface area (Å²) in [5.74, 6) is 0.778. The van der Waals surface area contributed by atoms with Crippen molar-refractivity contribution in [3.8, 4) is 5.75 Å². The Morgan fingerprint density at radius 1 is 1.24 bits per heavy atom. The molecule has 0 N–H and O–H groups in total. The smallest absolute Gasteiger partial charge is 0.419 e. The average Bonchev–Trinajstić information content (AvgIpc) is 2.60. The van der Waals surface area contributed by atoms with Gasteiger partial charge in [0.1, 0.15) is 16.2 Å². The molecule has 0 bridgehead atoms. The van der Waals surface area contributed by atoms with Crippen molar-refractivity contribution in [3.05, 3.63) is 46.8 Å². The van der Waals surface area contributed by atoms with Crippen molar-refractivity contribution < 1.29 is 17.9 Å². The van der Waals surface area contributed by atoms with E-state index in [4.69, 9.17) is 4.74 Å². The molecule has 0 spiro atoms. The van der Waals surface area contributed by atoms with Gasteiger partial charge in [0.2, 0.25) is 0 Å². The maximum atomic E-state index is 13.0. The van der Waals surface area contributed by atoms with Gasteiger partial charge in [0.15, 0.2) is 0 Å². The summed E-state index contributed by atoms with van der Waals surface area (Å²) < 4.78 is 45.3. The highest BCUT2D eigenvalue weighted by molar-refractivity contribution is 9.10. The van der Waals surface area contributed by atoms with Gasteiger partial charge in [0.05, 0.1) is 24.6 Å². The Balaban J connectivity index is 1.64. The number of hydrogen-bond acceptors (Lipinski definition) is 4. The SMILES string of the molecule is FC(F)(F)c1ccccc1OCC1CCCN(c2cncc(Br)n2)C1. The first kappa shape index (κ1) is 18.0. The van der Waals surface area contributed by atoms with E-state index in [0.29, 0.717) is 11.1 Å². The van der Waals surface area contributed by atoms with Crippen molar-refractivity contribution in [1.82, 2.24) is 9.97 Å². The van der Waals surface area contributed by atoms with Crippen LogP contribution in [0.4, 0.5) is 19.0 Å². The summed E-state index contributed by atoms with van der Waals surface area (Å²) >= 11 is 3.30. The lowest BCUT2D eigenvalue weighted by molar-refractivity contribution is -0.139. The highest BCUT2D eigenvalue weighted by atomic mass is 79.9. The summed E-state index contributed by atoms with van der Waals surface area (Å²) in [6.07, 6.45) is 0.728. The van der Waals surface area contributed by atoms with E-state index in [2.05, 4.69) is 30.8 Å². The zero-order chi connectivity index (χ0) is 17.9. The molecule has 0 saturated carbocycles. The molecule has 0 radical (unpaired) electrons. The largest absolute Gasteiger partial charge is 0.493 e. The van der Waals surface area contributed by atoms with Crippen LogP contribution in [0.25, 0.3) is 0 Å². The quantitative estimate of drug-likeness (QED) is 0.733. The molecule has 1 aliphatic heterocycles. The van der Waals surface area contributed by atoms with Gasteiger partial charge < -0.3 is 9.64 Å². The highest BCUT2D eigenvalue weighted by Gasteiger charge is 2.34. The molecule has 1 unspecified atom stereocenters. The molecule has 1 saturated heterocycles. The lowest BCUT2D eigenvalue weighted by atomic mass is 9.99. The summed E-state index contributed by atoms with van der Waals surface area (Å²) in [6, 6.07) is 5.32. The number of ether oxygens (including phenoxy) is 1. The van der Waals surface area contributed by atoms with Gasteiger partial charge >= 0.3 is 6.18 Å². The van der Waals surface area contributed by atoms with E-state index in [1.54, 1.807) is 18.5 Å². The molecule has 8 heteroatoms. The zero-order valence-corrected chi connectivity index (χ0v) is 14.9. The van der Waals surface area contributed by atoms with Crippen molar-refractivity contribution >= 4 is 21.7 Å². The van der Waals surface area contributed by atoms with Crippen LogP contribution < -0.4 is 9.64 Å². The Morgan fingerprint density at radius 3 is 2.80 bits per heavy atom. The molecule has 0 aliphatic carbocycles. The molecule has 1 atom stereocenters. The van der Waals surface area contributed by atoms with E-state index in [-0.39, 0.29) is 18.3 Å². The van der Waals surface area contributed by atoms with Crippen LogP contribution in [0.3, 0.4) is 0 Å². The number of aromatic nitrogens is 2. The van der Waals surface area contributed by atoms with Crippen LogP contribution >= 0.6 is 15.9 Å². The zero-order valence-electron chi connectivity index (χ0n) is 13.3. The molecular weight excluding hydrogens is 399 g/mol. The van der Waals surface area contributed by atoms with Crippen LogP contribution in [0.15, 0.2) is 41.3 Å². The van der Waals surface area contributed by atoms with Gasteiger partial charge in [-0.25, -0.2) is 4.98 Å². The summed E-state index contributed by atoms with van der Waals surface area (Å²) in [5, 5.41) is 0. The summed E-state index contributed by atoms with van der Waals surface area (Å²) in [7, 11) is 0. The molecule has 1 aromatic heterocycles. The first-order chi connectivity index (χ1) is 11.9. The van der Waals surface area contributed by atoms with E-state index in [1.807, 2.05) is 0 Å². The number of para-hydroxylation sites is 1. The molecule has 0 amide bonds. The van der Waals surface area contributed by atoms with Crippen molar-refractivity contribution in [2.45, 2.75) is 19.0 Å². The molecule has 25 heavy (non-hydrogen) atoms. The molecule has 2 aromatic rings. The Morgan fingerprint density at radius 2 is 2.04 bits per heavy atom. The molecule has 134 valence electrons. The van der Waals surface area contributed by atoms with Crippen LogP contribution in [0.2, 0.25) is 0 Å². The van der Waals surface area contributed by atoms with Crippen molar-refractivity contribution in [2.24, 2.45) is 5.92 Å². The minimum Gasteiger partial charge on any atom is -0.493 e. The maximum absolute atomic E-state index is 13.0. The number of rotatable bonds is 4. The van der Waals surface area contributed by atoms with E-state index >= 15 is 0 Å². The molecule has 1 aromatic carbocycles. The lowest BCUT2D eigenvalue weighted by Gasteiger charge is -2.33. The third kappa shape index (κ3) is 4.62. The van der Waals surface area contributed by atoms with Gasteiger partial charge in [-0.3, -0.25) is 4.98 Å². The molecule has 1 fully saturated rings. The Labute approximate surface area is 152 Å². The molecular formula is C17H17BrF3N3O. The van der Waals surface area contributed by atoms with Crippen molar-refractivity contribution in [3.63, 3.8) is 0 Å². The number of piperidine rings is 1. The van der Waals surface area contributed by atoms with Crippen LogP contribution in [0, 0.1) is 5.92 Å². The number of hydrogen-bond donors (Lipinski definition) is 0. The molecule has 4 nitrogen and oxygen atoms in total. The average molecular weight is 416 g/mol. The third-order valence-electron chi connectivity index (χ3n) is 4.10. The van der Waals surface area contributed by atoms with E-state index < -0.39 is 11.7 Å². The minimum atomic E-state index is -4.42.